The lowest BCUT2D eigenvalue weighted by Crippen LogP contribution is -2.47. The van der Waals surface area contributed by atoms with E-state index in [9.17, 15) is 5.11 Å². The number of hydrogen-bond donors (Lipinski definition) is 1. The van der Waals surface area contributed by atoms with Gasteiger partial charge in [-0.2, -0.15) is 0 Å². The first-order valence-electron chi connectivity index (χ1n) is 12.0. The van der Waals surface area contributed by atoms with E-state index in [2.05, 4.69) is 91.0 Å². The molecule has 1 spiro atoms. The van der Waals surface area contributed by atoms with Gasteiger partial charge >= 0.3 is 0 Å². The molecular weight excluding hydrogens is 416 g/mol. The molecule has 0 atom stereocenters. The van der Waals surface area contributed by atoms with Crippen molar-refractivity contribution in [2.75, 3.05) is 0 Å². The molecule has 0 saturated carbocycles. The maximum atomic E-state index is 10.6. The van der Waals surface area contributed by atoms with E-state index in [0.29, 0.717) is 6.61 Å². The average Bonchev–Trinajstić information content (AvgIpc) is 3.29. The Kier molecular flexibility index (Phi) is 4.49. The highest BCUT2D eigenvalue weighted by atomic mass is 16.5. The summed E-state index contributed by atoms with van der Waals surface area (Å²) in [6, 6.07) is 33.3. The van der Waals surface area contributed by atoms with Gasteiger partial charge in [0, 0.05) is 0 Å². The van der Waals surface area contributed by atoms with Gasteiger partial charge in [-0.15, -0.1) is 0 Å². The molecule has 0 bridgehead atoms. The van der Waals surface area contributed by atoms with Crippen LogP contribution in [0.4, 0.5) is 0 Å². The second kappa shape index (κ2) is 7.15. The fourth-order valence-corrected chi connectivity index (χ4v) is 5.67. The van der Waals surface area contributed by atoms with Crippen molar-refractivity contribution in [3.63, 3.8) is 0 Å². The second-order valence-corrected chi connectivity index (χ2v) is 10.6. The Morgan fingerprint density at radius 2 is 1.06 bits per heavy atom. The van der Waals surface area contributed by atoms with Crippen molar-refractivity contribution in [3.8, 4) is 22.3 Å². The number of aliphatic hydroxyl groups is 1. The van der Waals surface area contributed by atoms with E-state index >= 15 is 0 Å². The third kappa shape index (κ3) is 2.76. The molecule has 0 radical (unpaired) electrons. The van der Waals surface area contributed by atoms with Crippen molar-refractivity contribution in [1.82, 2.24) is 0 Å². The first kappa shape index (κ1) is 21.3. The molecule has 4 aromatic rings. The molecule has 2 nitrogen and oxygen atoms in total. The van der Waals surface area contributed by atoms with Crippen LogP contribution in [0.25, 0.3) is 22.3 Å². The fraction of sp³-hybridized carbons (Fsp3) is 0.250. The maximum Gasteiger partial charge on any atom is 0.0911 e. The van der Waals surface area contributed by atoms with Crippen molar-refractivity contribution in [3.05, 3.63) is 119 Å². The summed E-state index contributed by atoms with van der Waals surface area (Å²) < 4.78 is 6.26. The largest absolute Gasteiger partial charge is 0.387 e. The monoisotopic (exact) mass is 446 g/mol. The molecule has 2 aliphatic rings. The normalized spacial score (nSPS) is 15.1. The van der Waals surface area contributed by atoms with Crippen LogP contribution in [0, 0.1) is 0 Å². The lowest BCUT2D eigenvalue weighted by Gasteiger charge is -2.37. The molecule has 34 heavy (non-hydrogen) atoms. The molecule has 1 N–H and O–H groups in total. The average molecular weight is 447 g/mol. The van der Waals surface area contributed by atoms with E-state index in [0.717, 1.165) is 5.56 Å². The molecule has 0 unspecified atom stereocenters. The molecule has 0 amide bonds. The van der Waals surface area contributed by atoms with Crippen LogP contribution in [0.2, 0.25) is 0 Å². The lowest BCUT2D eigenvalue weighted by molar-refractivity contribution is -0.153. The Hall–Kier alpha value is -3.20. The van der Waals surface area contributed by atoms with Gasteiger partial charge < -0.3 is 9.84 Å². The second-order valence-electron chi connectivity index (χ2n) is 10.6. The highest BCUT2D eigenvalue weighted by Crippen LogP contribution is 2.62. The van der Waals surface area contributed by atoms with Gasteiger partial charge in [0.1, 0.15) is 0 Å². The first-order valence-corrected chi connectivity index (χ1v) is 12.0. The molecule has 2 heteroatoms. The quantitative estimate of drug-likeness (QED) is 0.313. The third-order valence-electron chi connectivity index (χ3n) is 8.13. The van der Waals surface area contributed by atoms with Crippen LogP contribution < -0.4 is 0 Å². The number of ether oxygens (including phenoxy) is 1. The molecule has 2 aliphatic carbocycles. The summed E-state index contributed by atoms with van der Waals surface area (Å²) >= 11 is 0. The Morgan fingerprint density at radius 3 is 1.53 bits per heavy atom. The van der Waals surface area contributed by atoms with Crippen LogP contribution in [-0.4, -0.2) is 16.3 Å². The summed E-state index contributed by atoms with van der Waals surface area (Å²) in [6.07, 6.45) is 0. The van der Waals surface area contributed by atoms with Gasteiger partial charge in [-0.1, -0.05) is 91.0 Å². The molecule has 170 valence electrons. The molecule has 0 aliphatic heterocycles. The van der Waals surface area contributed by atoms with Crippen molar-refractivity contribution in [1.29, 1.82) is 0 Å². The maximum absolute atomic E-state index is 10.6. The highest BCUT2D eigenvalue weighted by molar-refractivity contribution is 5.94. The van der Waals surface area contributed by atoms with Crippen LogP contribution >= 0.6 is 0 Å². The molecule has 0 aromatic heterocycles. The van der Waals surface area contributed by atoms with Gasteiger partial charge in [0.15, 0.2) is 0 Å². The van der Waals surface area contributed by atoms with Crippen molar-refractivity contribution >= 4 is 0 Å². The van der Waals surface area contributed by atoms with Crippen molar-refractivity contribution in [2.24, 2.45) is 0 Å². The van der Waals surface area contributed by atoms with Gasteiger partial charge in [-0.05, 0) is 77.8 Å². The van der Waals surface area contributed by atoms with Crippen LogP contribution in [-0.2, 0) is 16.8 Å². The topological polar surface area (TPSA) is 29.5 Å². The first-order chi connectivity index (χ1) is 16.2. The van der Waals surface area contributed by atoms with Crippen molar-refractivity contribution < 1.29 is 9.84 Å². The molecule has 6 rings (SSSR count). The predicted molar refractivity (Wildman–Crippen MR) is 138 cm³/mol. The standard InChI is InChI=1S/C32H30O2/c1-30(2,33)31(3,4)34-20-21-17-18-25-24-13-7-10-16-28(24)32(29(25)19-21)26-14-8-5-11-22(26)23-12-6-9-15-27(23)32/h5-19,33H,20H2,1-4H3. The Morgan fingerprint density at radius 1 is 0.618 bits per heavy atom. The van der Waals surface area contributed by atoms with E-state index in [-0.39, 0.29) is 5.41 Å². The van der Waals surface area contributed by atoms with E-state index in [4.69, 9.17) is 4.74 Å². The molecule has 4 aromatic carbocycles. The zero-order valence-corrected chi connectivity index (χ0v) is 20.2. The van der Waals surface area contributed by atoms with Gasteiger partial charge in [0.2, 0.25) is 0 Å². The van der Waals surface area contributed by atoms with Crippen LogP contribution in [0.5, 0.6) is 0 Å². The van der Waals surface area contributed by atoms with Crippen LogP contribution in [0.15, 0.2) is 91.0 Å². The van der Waals surface area contributed by atoms with Gasteiger partial charge in [0.25, 0.3) is 0 Å². The number of fused-ring (bicyclic) bond motifs is 10. The Labute approximate surface area is 201 Å². The summed E-state index contributed by atoms with van der Waals surface area (Å²) in [6.45, 7) is 7.93. The summed E-state index contributed by atoms with van der Waals surface area (Å²) in [5, 5.41) is 10.6. The predicted octanol–water partition coefficient (Wildman–Crippen LogP) is 7.10. The highest BCUT2D eigenvalue weighted by Gasteiger charge is 2.51. The third-order valence-corrected chi connectivity index (χ3v) is 8.13. The minimum absolute atomic E-state index is 0.332. The Bertz CT molecular complexity index is 1360. The SMILES string of the molecule is CC(C)(O)C(C)(C)OCc1ccc2c(c1)C1(c3ccccc3-c3ccccc31)c1ccccc1-2. The summed E-state index contributed by atoms with van der Waals surface area (Å²) in [5.41, 5.74) is 9.73. The summed E-state index contributed by atoms with van der Waals surface area (Å²) in [4.78, 5) is 0. The van der Waals surface area contributed by atoms with E-state index in [1.807, 2.05) is 13.8 Å². The van der Waals surface area contributed by atoms with Gasteiger partial charge in [-0.25, -0.2) is 0 Å². The fourth-order valence-electron chi connectivity index (χ4n) is 5.67. The summed E-state index contributed by atoms with van der Waals surface area (Å²) in [7, 11) is 0. The van der Waals surface area contributed by atoms with E-state index < -0.39 is 11.2 Å². The van der Waals surface area contributed by atoms with E-state index in [1.54, 1.807) is 13.8 Å². The Balaban J connectivity index is 1.58. The zero-order valence-electron chi connectivity index (χ0n) is 20.2. The van der Waals surface area contributed by atoms with Gasteiger partial charge in [0.05, 0.1) is 23.2 Å². The minimum Gasteiger partial charge on any atom is -0.387 e. The van der Waals surface area contributed by atoms with Crippen LogP contribution in [0.1, 0.15) is 55.5 Å². The minimum atomic E-state index is -0.940. The van der Waals surface area contributed by atoms with E-state index in [1.165, 1.54) is 44.5 Å². The number of rotatable bonds is 4. The smallest absolute Gasteiger partial charge is 0.0911 e. The lowest BCUT2D eigenvalue weighted by atomic mass is 9.70. The molecule has 0 heterocycles. The zero-order chi connectivity index (χ0) is 23.7. The molecule has 0 fully saturated rings. The van der Waals surface area contributed by atoms with Crippen molar-refractivity contribution in [2.45, 2.75) is 50.9 Å². The number of hydrogen-bond acceptors (Lipinski definition) is 2. The van der Waals surface area contributed by atoms with Gasteiger partial charge in [-0.3, -0.25) is 0 Å². The molecule has 0 saturated heterocycles. The summed E-state index contributed by atoms with van der Waals surface area (Å²) in [5.74, 6) is 0. The number of benzene rings is 4. The molecular formula is C32H30O2. The van der Waals surface area contributed by atoms with Crippen LogP contribution in [0.3, 0.4) is 0 Å².